The quantitative estimate of drug-likeness (QED) is 0.808. The number of nitrogens with zero attached hydrogens (tertiary/aromatic N) is 4. The summed E-state index contributed by atoms with van der Waals surface area (Å²) < 4.78 is 26.4. The van der Waals surface area contributed by atoms with Crippen LogP contribution in [0.25, 0.3) is 0 Å². The van der Waals surface area contributed by atoms with E-state index in [4.69, 9.17) is 0 Å². The molecule has 8 heteroatoms. The number of sulfonamides is 1. The molecule has 0 amide bonds. The molecule has 1 N–H and O–H groups in total. The summed E-state index contributed by atoms with van der Waals surface area (Å²) in [5.74, 6) is 0. The smallest absolute Gasteiger partial charge is 0.246 e. The zero-order chi connectivity index (χ0) is 14.2. The van der Waals surface area contributed by atoms with Crippen LogP contribution in [0, 0.1) is 0 Å². The van der Waals surface area contributed by atoms with E-state index in [1.54, 1.807) is 4.31 Å². The molecule has 2 aliphatic rings. The van der Waals surface area contributed by atoms with Gasteiger partial charge < -0.3 is 4.90 Å². The Morgan fingerprint density at radius 1 is 1.25 bits per heavy atom. The van der Waals surface area contributed by atoms with Crippen molar-refractivity contribution in [3.05, 3.63) is 12.4 Å². The highest BCUT2D eigenvalue weighted by Gasteiger charge is 2.36. The van der Waals surface area contributed by atoms with Crippen LogP contribution in [0.2, 0.25) is 0 Å². The molecule has 20 heavy (non-hydrogen) atoms. The van der Waals surface area contributed by atoms with Crippen molar-refractivity contribution in [3.63, 3.8) is 0 Å². The molecular weight excluding hydrogens is 278 g/mol. The van der Waals surface area contributed by atoms with Gasteiger partial charge in [-0.3, -0.25) is 10.00 Å². The summed E-state index contributed by atoms with van der Waals surface area (Å²) in [6.07, 6.45) is 3.73. The van der Waals surface area contributed by atoms with Gasteiger partial charge in [0.05, 0.1) is 6.20 Å². The molecule has 0 spiro atoms. The first kappa shape index (κ1) is 14.0. The molecule has 1 unspecified atom stereocenters. The van der Waals surface area contributed by atoms with Crippen LogP contribution in [0.3, 0.4) is 0 Å². The molecule has 0 saturated carbocycles. The van der Waals surface area contributed by atoms with Crippen LogP contribution >= 0.6 is 0 Å². The fourth-order valence-corrected chi connectivity index (χ4v) is 4.34. The summed E-state index contributed by atoms with van der Waals surface area (Å²) >= 11 is 0. The molecule has 0 radical (unpaired) electrons. The second kappa shape index (κ2) is 5.44. The third-order valence-electron chi connectivity index (χ3n) is 4.29. The molecule has 0 aromatic carbocycles. The number of rotatable bonds is 3. The minimum atomic E-state index is -3.38. The summed E-state index contributed by atoms with van der Waals surface area (Å²) in [5.41, 5.74) is 0. The topological polar surface area (TPSA) is 72.5 Å². The minimum Gasteiger partial charge on any atom is -0.304 e. The Kier molecular flexibility index (Phi) is 3.80. The molecule has 1 aromatic rings. The number of aromatic nitrogens is 2. The van der Waals surface area contributed by atoms with Crippen molar-refractivity contribution in [2.75, 3.05) is 46.3 Å². The SMILES string of the molecule is CN1CCN(C2CCN(S(=O)(=O)c3cn[nH]c3)C2)CC1. The van der Waals surface area contributed by atoms with Gasteiger partial charge in [-0.2, -0.15) is 9.40 Å². The van der Waals surface area contributed by atoms with Gasteiger partial charge in [0.1, 0.15) is 4.90 Å². The first-order valence-electron chi connectivity index (χ1n) is 6.99. The van der Waals surface area contributed by atoms with Crippen LogP contribution in [0.5, 0.6) is 0 Å². The first-order valence-corrected chi connectivity index (χ1v) is 8.43. The lowest BCUT2D eigenvalue weighted by Gasteiger charge is -2.36. The lowest BCUT2D eigenvalue weighted by atomic mass is 10.2. The molecule has 2 aliphatic heterocycles. The van der Waals surface area contributed by atoms with Crippen molar-refractivity contribution in [2.24, 2.45) is 0 Å². The van der Waals surface area contributed by atoms with Gasteiger partial charge in [-0.1, -0.05) is 0 Å². The summed E-state index contributed by atoms with van der Waals surface area (Å²) in [4.78, 5) is 4.99. The van der Waals surface area contributed by atoms with E-state index in [0.717, 1.165) is 32.6 Å². The molecular formula is C12H21N5O2S. The second-order valence-electron chi connectivity index (χ2n) is 5.58. The van der Waals surface area contributed by atoms with Crippen molar-refractivity contribution in [1.82, 2.24) is 24.3 Å². The van der Waals surface area contributed by atoms with E-state index < -0.39 is 10.0 Å². The van der Waals surface area contributed by atoms with Crippen molar-refractivity contribution in [1.29, 1.82) is 0 Å². The van der Waals surface area contributed by atoms with Gasteiger partial charge in [-0.05, 0) is 13.5 Å². The fourth-order valence-electron chi connectivity index (χ4n) is 2.94. The fraction of sp³-hybridized carbons (Fsp3) is 0.750. The maximum atomic E-state index is 12.4. The number of aromatic amines is 1. The number of nitrogens with one attached hydrogen (secondary N) is 1. The van der Waals surface area contributed by atoms with Gasteiger partial charge >= 0.3 is 0 Å². The molecule has 1 atom stereocenters. The molecule has 0 bridgehead atoms. The molecule has 2 saturated heterocycles. The second-order valence-corrected chi connectivity index (χ2v) is 7.52. The van der Waals surface area contributed by atoms with Crippen LogP contribution in [-0.4, -0.2) is 85.1 Å². The Hall–Kier alpha value is -0.960. The van der Waals surface area contributed by atoms with Crippen molar-refractivity contribution < 1.29 is 8.42 Å². The Bertz CT molecular complexity index is 536. The van der Waals surface area contributed by atoms with Crippen LogP contribution in [-0.2, 0) is 10.0 Å². The van der Waals surface area contributed by atoms with E-state index in [1.165, 1.54) is 12.4 Å². The van der Waals surface area contributed by atoms with Crippen LogP contribution in [0.4, 0.5) is 0 Å². The highest BCUT2D eigenvalue weighted by Crippen LogP contribution is 2.23. The molecule has 1 aromatic heterocycles. The number of H-pyrrole nitrogens is 1. The van der Waals surface area contributed by atoms with E-state index in [2.05, 4.69) is 27.0 Å². The summed E-state index contributed by atoms with van der Waals surface area (Å²) in [6.45, 7) is 5.37. The minimum absolute atomic E-state index is 0.261. The maximum absolute atomic E-state index is 12.4. The predicted octanol–water partition coefficient (Wildman–Crippen LogP) is -0.580. The highest BCUT2D eigenvalue weighted by atomic mass is 32.2. The Morgan fingerprint density at radius 2 is 2.00 bits per heavy atom. The Labute approximate surface area is 119 Å². The van der Waals surface area contributed by atoms with Crippen LogP contribution < -0.4 is 0 Å². The molecule has 7 nitrogen and oxygen atoms in total. The number of hydrogen-bond acceptors (Lipinski definition) is 5. The summed E-state index contributed by atoms with van der Waals surface area (Å²) in [6, 6.07) is 0.352. The lowest BCUT2D eigenvalue weighted by Crippen LogP contribution is -2.49. The van der Waals surface area contributed by atoms with E-state index in [0.29, 0.717) is 19.1 Å². The van der Waals surface area contributed by atoms with Gasteiger partial charge in [0.25, 0.3) is 0 Å². The van der Waals surface area contributed by atoms with Gasteiger partial charge in [-0.15, -0.1) is 0 Å². The number of likely N-dealkylation sites (N-methyl/N-ethyl adjacent to an activating group) is 1. The van der Waals surface area contributed by atoms with E-state index in [-0.39, 0.29) is 4.90 Å². The Balaban J connectivity index is 1.65. The molecule has 2 fully saturated rings. The summed E-state index contributed by atoms with van der Waals surface area (Å²) in [7, 11) is -1.25. The normalized spacial score (nSPS) is 27.1. The zero-order valence-electron chi connectivity index (χ0n) is 11.7. The monoisotopic (exact) mass is 299 g/mol. The third kappa shape index (κ3) is 2.60. The zero-order valence-corrected chi connectivity index (χ0v) is 12.5. The highest BCUT2D eigenvalue weighted by molar-refractivity contribution is 7.89. The Morgan fingerprint density at radius 3 is 2.65 bits per heavy atom. The van der Waals surface area contributed by atoms with Crippen LogP contribution in [0.15, 0.2) is 17.3 Å². The molecule has 112 valence electrons. The van der Waals surface area contributed by atoms with Gasteiger partial charge in [0, 0.05) is 51.5 Å². The van der Waals surface area contributed by atoms with Gasteiger partial charge in [0.2, 0.25) is 10.0 Å². The average Bonchev–Trinajstić information content (AvgIpc) is 3.12. The first-order chi connectivity index (χ1) is 9.57. The van der Waals surface area contributed by atoms with Gasteiger partial charge in [-0.25, -0.2) is 8.42 Å². The van der Waals surface area contributed by atoms with Crippen LogP contribution in [0.1, 0.15) is 6.42 Å². The standard InChI is InChI=1S/C12H21N5O2S/c1-15-4-6-16(7-5-15)11-2-3-17(10-11)20(18,19)12-8-13-14-9-12/h8-9,11H,2-7,10H2,1H3,(H,13,14). The number of hydrogen-bond donors (Lipinski definition) is 1. The van der Waals surface area contributed by atoms with Crippen molar-refractivity contribution >= 4 is 10.0 Å². The van der Waals surface area contributed by atoms with E-state index >= 15 is 0 Å². The summed E-state index contributed by atoms with van der Waals surface area (Å²) in [5, 5.41) is 6.30. The van der Waals surface area contributed by atoms with E-state index in [9.17, 15) is 8.42 Å². The third-order valence-corrected chi connectivity index (χ3v) is 6.12. The molecule has 0 aliphatic carbocycles. The maximum Gasteiger partial charge on any atom is 0.246 e. The van der Waals surface area contributed by atoms with Gasteiger partial charge in [0.15, 0.2) is 0 Å². The van der Waals surface area contributed by atoms with E-state index in [1.807, 2.05) is 0 Å². The van der Waals surface area contributed by atoms with Crippen molar-refractivity contribution in [2.45, 2.75) is 17.4 Å². The average molecular weight is 299 g/mol. The molecule has 3 heterocycles. The molecule has 3 rings (SSSR count). The van der Waals surface area contributed by atoms with Crippen molar-refractivity contribution in [3.8, 4) is 0 Å². The lowest BCUT2D eigenvalue weighted by molar-refractivity contribution is 0.116. The predicted molar refractivity (Wildman–Crippen MR) is 74.8 cm³/mol. The number of piperazine rings is 1. The largest absolute Gasteiger partial charge is 0.304 e.